The SMILES string of the molecule is C=CC[C@@]1(S(=O)(=O)c2ccccc2)C(=O)N(c2ccc(OC)cc2)[C@@H]1c1ccc(OC)cc1. The van der Waals surface area contributed by atoms with Gasteiger partial charge >= 0.3 is 0 Å². The van der Waals surface area contributed by atoms with Crippen molar-refractivity contribution in [1.29, 1.82) is 0 Å². The van der Waals surface area contributed by atoms with Gasteiger partial charge in [0.25, 0.3) is 5.91 Å². The number of β-lactam (4-membered cyclic amide) rings is 1. The molecule has 0 bridgehead atoms. The number of sulfone groups is 1. The second-order valence-corrected chi connectivity index (χ2v) is 9.95. The molecule has 3 aromatic rings. The van der Waals surface area contributed by atoms with E-state index in [0.29, 0.717) is 22.7 Å². The molecule has 4 rings (SSSR count). The van der Waals surface area contributed by atoms with Gasteiger partial charge in [-0.25, -0.2) is 8.42 Å². The van der Waals surface area contributed by atoms with Crippen LogP contribution in [0.2, 0.25) is 0 Å². The van der Waals surface area contributed by atoms with Crippen LogP contribution in [-0.4, -0.2) is 33.3 Å². The molecule has 1 heterocycles. The Kier molecular flexibility index (Phi) is 5.99. The van der Waals surface area contributed by atoms with E-state index < -0.39 is 26.5 Å². The lowest BCUT2D eigenvalue weighted by Crippen LogP contribution is -2.72. The molecule has 170 valence electrons. The molecule has 0 aromatic heterocycles. The Hall–Kier alpha value is -3.58. The Morgan fingerprint density at radius 3 is 1.97 bits per heavy atom. The van der Waals surface area contributed by atoms with E-state index in [1.807, 2.05) is 0 Å². The fourth-order valence-electron chi connectivity index (χ4n) is 4.39. The van der Waals surface area contributed by atoms with Crippen LogP contribution in [-0.2, 0) is 14.6 Å². The molecule has 1 aliphatic heterocycles. The number of nitrogens with zero attached hydrogens (tertiary/aromatic N) is 1. The van der Waals surface area contributed by atoms with Crippen molar-refractivity contribution >= 4 is 21.4 Å². The first kappa shape index (κ1) is 22.6. The number of ether oxygens (including phenoxy) is 2. The lowest BCUT2D eigenvalue weighted by molar-refractivity contribution is -0.128. The van der Waals surface area contributed by atoms with Gasteiger partial charge in [-0.2, -0.15) is 0 Å². The average Bonchev–Trinajstić information content (AvgIpc) is 2.86. The molecule has 1 amide bonds. The zero-order valence-electron chi connectivity index (χ0n) is 18.5. The molecule has 7 heteroatoms. The van der Waals surface area contributed by atoms with Crippen molar-refractivity contribution < 1.29 is 22.7 Å². The van der Waals surface area contributed by atoms with Crippen LogP contribution in [0.15, 0.2) is 96.4 Å². The smallest absolute Gasteiger partial charge is 0.252 e. The molecular weight excluding hydrogens is 438 g/mol. The van der Waals surface area contributed by atoms with Crippen LogP contribution >= 0.6 is 0 Å². The zero-order valence-corrected chi connectivity index (χ0v) is 19.3. The van der Waals surface area contributed by atoms with Crippen LogP contribution in [0.3, 0.4) is 0 Å². The summed E-state index contributed by atoms with van der Waals surface area (Å²) in [4.78, 5) is 15.4. The maximum atomic E-state index is 14.0. The predicted molar refractivity (Wildman–Crippen MR) is 127 cm³/mol. The highest BCUT2D eigenvalue weighted by Gasteiger charge is 2.68. The minimum absolute atomic E-state index is 0.0214. The molecule has 0 unspecified atom stereocenters. The number of carbonyl (C=O) groups is 1. The summed E-state index contributed by atoms with van der Waals surface area (Å²) >= 11 is 0. The number of benzene rings is 3. The summed E-state index contributed by atoms with van der Waals surface area (Å²) < 4.78 is 36.7. The van der Waals surface area contributed by atoms with Crippen molar-refractivity contribution in [2.75, 3.05) is 19.1 Å². The summed E-state index contributed by atoms with van der Waals surface area (Å²) in [5.41, 5.74) is 1.28. The highest BCUT2D eigenvalue weighted by molar-refractivity contribution is 7.94. The minimum Gasteiger partial charge on any atom is -0.497 e. The Labute approximate surface area is 194 Å². The molecule has 1 aliphatic rings. The number of hydrogen-bond acceptors (Lipinski definition) is 5. The molecule has 3 aromatic carbocycles. The Morgan fingerprint density at radius 2 is 1.45 bits per heavy atom. The van der Waals surface area contributed by atoms with E-state index in [1.54, 1.807) is 80.9 Å². The first-order chi connectivity index (χ1) is 15.9. The van der Waals surface area contributed by atoms with E-state index in [-0.39, 0.29) is 11.3 Å². The predicted octanol–water partition coefficient (Wildman–Crippen LogP) is 4.58. The highest BCUT2D eigenvalue weighted by Crippen LogP contribution is 2.54. The van der Waals surface area contributed by atoms with Gasteiger partial charge < -0.3 is 14.4 Å². The number of hydrogen-bond donors (Lipinski definition) is 0. The second kappa shape index (κ2) is 8.75. The monoisotopic (exact) mass is 463 g/mol. The molecular formula is C26H25NO5S. The van der Waals surface area contributed by atoms with Crippen LogP contribution in [0.4, 0.5) is 5.69 Å². The summed E-state index contributed by atoms with van der Waals surface area (Å²) in [7, 11) is -0.936. The summed E-state index contributed by atoms with van der Waals surface area (Å²) in [6, 6.07) is 21.4. The number of methoxy groups -OCH3 is 2. The van der Waals surface area contributed by atoms with Crippen molar-refractivity contribution in [2.24, 2.45) is 0 Å². The number of rotatable bonds is 8. The summed E-state index contributed by atoms with van der Waals surface area (Å²) in [5, 5.41) is 0. The van der Waals surface area contributed by atoms with E-state index in [9.17, 15) is 13.2 Å². The van der Waals surface area contributed by atoms with E-state index in [1.165, 1.54) is 23.1 Å². The Balaban J connectivity index is 1.91. The third kappa shape index (κ3) is 3.49. The molecule has 33 heavy (non-hydrogen) atoms. The van der Waals surface area contributed by atoms with Crippen molar-refractivity contribution in [3.05, 3.63) is 97.1 Å². The van der Waals surface area contributed by atoms with Crippen LogP contribution in [0, 0.1) is 0 Å². The quantitative estimate of drug-likeness (QED) is 0.361. The standard InChI is InChI=1S/C26H25NO5S/c1-4-18-26(33(29,30)23-8-6-5-7-9-23)24(19-10-14-21(31-2)15-11-19)27(25(26)28)20-12-16-22(32-3)17-13-20/h4-17,24H,1,18H2,2-3H3/t24-,26+/m1/s1. The van der Waals surface area contributed by atoms with Crippen LogP contribution in [0.1, 0.15) is 18.0 Å². The van der Waals surface area contributed by atoms with Gasteiger partial charge in [0, 0.05) is 5.69 Å². The number of anilines is 1. The number of allylic oxidation sites excluding steroid dienone is 1. The topological polar surface area (TPSA) is 72.9 Å². The van der Waals surface area contributed by atoms with Gasteiger partial charge in [-0.15, -0.1) is 6.58 Å². The maximum Gasteiger partial charge on any atom is 0.252 e. The van der Waals surface area contributed by atoms with Gasteiger partial charge in [0.15, 0.2) is 14.6 Å². The summed E-state index contributed by atoms with van der Waals surface area (Å²) in [5.74, 6) is 0.792. The minimum atomic E-state index is -4.06. The molecule has 0 radical (unpaired) electrons. The van der Waals surface area contributed by atoms with Crippen LogP contribution in [0.5, 0.6) is 11.5 Å². The molecule has 1 saturated heterocycles. The van der Waals surface area contributed by atoms with Crippen molar-refractivity contribution in [2.45, 2.75) is 22.1 Å². The largest absolute Gasteiger partial charge is 0.497 e. The highest BCUT2D eigenvalue weighted by atomic mass is 32.2. The first-order valence-corrected chi connectivity index (χ1v) is 11.9. The lowest BCUT2D eigenvalue weighted by atomic mass is 9.78. The molecule has 0 aliphatic carbocycles. The van der Waals surface area contributed by atoms with Gasteiger partial charge in [0.1, 0.15) is 11.5 Å². The van der Waals surface area contributed by atoms with Crippen LogP contribution in [0.25, 0.3) is 0 Å². The van der Waals surface area contributed by atoms with E-state index in [0.717, 1.165) is 0 Å². The summed E-state index contributed by atoms with van der Waals surface area (Å²) in [6.07, 6.45) is 1.48. The number of amides is 1. The van der Waals surface area contributed by atoms with Gasteiger partial charge in [-0.05, 0) is 60.5 Å². The van der Waals surface area contributed by atoms with Gasteiger partial charge in [0.2, 0.25) is 0 Å². The van der Waals surface area contributed by atoms with Crippen molar-refractivity contribution in [3.63, 3.8) is 0 Å². The lowest BCUT2D eigenvalue weighted by Gasteiger charge is -2.55. The third-order valence-corrected chi connectivity index (χ3v) is 8.46. The fourth-order valence-corrected chi connectivity index (χ4v) is 6.53. The Bertz CT molecular complexity index is 1250. The second-order valence-electron chi connectivity index (χ2n) is 7.75. The van der Waals surface area contributed by atoms with Crippen LogP contribution < -0.4 is 14.4 Å². The van der Waals surface area contributed by atoms with Gasteiger partial charge in [-0.1, -0.05) is 36.4 Å². The summed E-state index contributed by atoms with van der Waals surface area (Å²) in [6.45, 7) is 3.77. The molecule has 0 saturated carbocycles. The zero-order chi connectivity index (χ0) is 23.6. The molecule has 6 nitrogen and oxygen atoms in total. The molecule has 1 fully saturated rings. The van der Waals surface area contributed by atoms with E-state index in [2.05, 4.69) is 6.58 Å². The average molecular weight is 464 g/mol. The van der Waals surface area contributed by atoms with Gasteiger partial charge in [-0.3, -0.25) is 4.79 Å². The third-order valence-electron chi connectivity index (χ3n) is 6.04. The normalized spacial score (nSPS) is 20.1. The van der Waals surface area contributed by atoms with E-state index in [4.69, 9.17) is 9.47 Å². The molecule has 0 N–H and O–H groups in total. The molecule has 0 spiro atoms. The van der Waals surface area contributed by atoms with Crippen molar-refractivity contribution in [3.8, 4) is 11.5 Å². The first-order valence-electron chi connectivity index (χ1n) is 10.4. The molecule has 2 atom stereocenters. The Morgan fingerprint density at radius 1 is 0.909 bits per heavy atom. The maximum absolute atomic E-state index is 14.0. The van der Waals surface area contributed by atoms with Gasteiger partial charge in [0.05, 0.1) is 25.2 Å². The van der Waals surface area contributed by atoms with E-state index >= 15 is 0 Å². The van der Waals surface area contributed by atoms with Crippen molar-refractivity contribution in [1.82, 2.24) is 0 Å². The number of carbonyl (C=O) groups excluding carboxylic acids is 1. The fraction of sp³-hybridized carbons (Fsp3) is 0.192.